The summed E-state index contributed by atoms with van der Waals surface area (Å²) in [7, 11) is -0.724. The smallest absolute Gasteiger partial charge is 0.310 e. The minimum absolute atomic E-state index is 0.00627. The van der Waals surface area contributed by atoms with E-state index in [1.165, 1.54) is 18.0 Å². The van der Waals surface area contributed by atoms with E-state index in [2.05, 4.69) is 9.84 Å². The molecule has 0 bridgehead atoms. The molecule has 2 heterocycles. The Hall–Kier alpha value is -1.45. The first-order chi connectivity index (χ1) is 9.83. The Morgan fingerprint density at radius 2 is 2.24 bits per heavy atom. The number of rotatable bonds is 4. The number of nitrogens with zero attached hydrogens (tertiary/aromatic N) is 3. The number of methoxy groups -OCH3 is 1. The highest BCUT2D eigenvalue weighted by molar-refractivity contribution is 7.88. The Bertz CT molecular complexity index is 612. The third-order valence-corrected chi connectivity index (χ3v) is 5.32. The molecule has 1 aromatic rings. The lowest BCUT2D eigenvalue weighted by atomic mass is 9.98. The fourth-order valence-corrected chi connectivity index (χ4v) is 4.06. The van der Waals surface area contributed by atoms with Crippen molar-refractivity contribution in [3.63, 3.8) is 0 Å². The standard InChI is InChI=1S/C12H19N3O5S/c1-14-10(3-4-13-14)8-21(18,19)15-6-9(12(17)20-2)5-11(16)7-15/h3-4,9,11,16H,5-8H2,1-2H3. The largest absolute Gasteiger partial charge is 0.469 e. The maximum atomic E-state index is 12.4. The molecule has 1 N–H and O–H groups in total. The minimum Gasteiger partial charge on any atom is -0.469 e. The van der Waals surface area contributed by atoms with Gasteiger partial charge in [0.25, 0.3) is 0 Å². The fraction of sp³-hybridized carbons (Fsp3) is 0.667. The molecule has 0 amide bonds. The number of aryl methyl sites for hydroxylation is 1. The summed E-state index contributed by atoms with van der Waals surface area (Å²) in [6.45, 7) is 0.0254. The number of aromatic nitrogens is 2. The van der Waals surface area contributed by atoms with Crippen LogP contribution in [0.25, 0.3) is 0 Å². The number of carbonyl (C=O) groups is 1. The highest BCUT2D eigenvalue weighted by Gasteiger charge is 2.37. The third-order valence-electron chi connectivity index (χ3n) is 3.58. The molecule has 0 saturated carbocycles. The second-order valence-electron chi connectivity index (χ2n) is 5.13. The fourth-order valence-electron chi connectivity index (χ4n) is 2.42. The van der Waals surface area contributed by atoms with Gasteiger partial charge in [0, 0.05) is 26.3 Å². The molecule has 118 valence electrons. The second-order valence-corrected chi connectivity index (χ2v) is 7.10. The molecule has 21 heavy (non-hydrogen) atoms. The first-order valence-electron chi connectivity index (χ1n) is 6.54. The van der Waals surface area contributed by atoms with Crippen LogP contribution in [0.2, 0.25) is 0 Å². The number of hydrogen-bond acceptors (Lipinski definition) is 6. The molecule has 0 spiro atoms. The number of esters is 1. The van der Waals surface area contributed by atoms with Crippen LogP contribution in [-0.2, 0) is 32.4 Å². The molecule has 0 aliphatic carbocycles. The van der Waals surface area contributed by atoms with Crippen molar-refractivity contribution in [1.29, 1.82) is 0 Å². The van der Waals surface area contributed by atoms with Gasteiger partial charge in [0.1, 0.15) is 5.75 Å². The summed E-state index contributed by atoms with van der Waals surface area (Å²) in [5.74, 6) is -1.36. The van der Waals surface area contributed by atoms with Crippen LogP contribution in [0.1, 0.15) is 12.1 Å². The van der Waals surface area contributed by atoms with Crippen molar-refractivity contribution >= 4 is 16.0 Å². The number of aliphatic hydroxyl groups is 1. The monoisotopic (exact) mass is 317 g/mol. The van der Waals surface area contributed by atoms with E-state index in [0.717, 1.165) is 4.31 Å². The molecule has 8 nitrogen and oxygen atoms in total. The van der Waals surface area contributed by atoms with Gasteiger partial charge in [-0.3, -0.25) is 9.48 Å². The topological polar surface area (TPSA) is 102 Å². The predicted molar refractivity (Wildman–Crippen MR) is 73.5 cm³/mol. The van der Waals surface area contributed by atoms with E-state index in [-0.39, 0.29) is 25.3 Å². The van der Waals surface area contributed by atoms with Gasteiger partial charge in [0.2, 0.25) is 10.0 Å². The first kappa shape index (κ1) is 15.9. The van der Waals surface area contributed by atoms with Gasteiger partial charge in [0.15, 0.2) is 0 Å². The summed E-state index contributed by atoms with van der Waals surface area (Å²) in [6, 6.07) is 1.62. The number of β-amino-alcohol motifs (C(OH)–C–C–N with tert-alkyl or cyclic N) is 1. The normalized spacial score (nSPS) is 24.0. The molecule has 1 aliphatic heterocycles. The molecular weight excluding hydrogens is 298 g/mol. The molecule has 1 fully saturated rings. The average Bonchev–Trinajstić information content (AvgIpc) is 2.82. The van der Waals surface area contributed by atoms with E-state index in [9.17, 15) is 18.3 Å². The van der Waals surface area contributed by atoms with Gasteiger partial charge in [-0.05, 0) is 12.5 Å². The van der Waals surface area contributed by atoms with Gasteiger partial charge in [0.05, 0.1) is 24.8 Å². The van der Waals surface area contributed by atoms with Crippen LogP contribution in [0.15, 0.2) is 12.3 Å². The van der Waals surface area contributed by atoms with Crippen LogP contribution < -0.4 is 0 Å². The molecule has 1 aromatic heterocycles. The quantitative estimate of drug-likeness (QED) is 0.723. The number of aliphatic hydroxyl groups excluding tert-OH is 1. The Morgan fingerprint density at radius 3 is 2.81 bits per heavy atom. The zero-order valence-electron chi connectivity index (χ0n) is 12.0. The highest BCUT2D eigenvalue weighted by atomic mass is 32.2. The van der Waals surface area contributed by atoms with Crippen LogP contribution in [0.5, 0.6) is 0 Å². The van der Waals surface area contributed by atoms with Crippen molar-refractivity contribution in [3.8, 4) is 0 Å². The van der Waals surface area contributed by atoms with Gasteiger partial charge in [-0.15, -0.1) is 0 Å². The van der Waals surface area contributed by atoms with E-state index in [1.807, 2.05) is 0 Å². The first-order valence-corrected chi connectivity index (χ1v) is 8.15. The summed E-state index contributed by atoms with van der Waals surface area (Å²) in [6.07, 6.45) is 0.863. The van der Waals surface area contributed by atoms with Crippen molar-refractivity contribution in [2.75, 3.05) is 20.2 Å². The molecule has 2 rings (SSSR count). The summed E-state index contributed by atoms with van der Waals surface area (Å²) < 4.78 is 32.1. The third kappa shape index (κ3) is 3.60. The van der Waals surface area contributed by atoms with E-state index < -0.39 is 28.0 Å². The highest BCUT2D eigenvalue weighted by Crippen LogP contribution is 2.22. The Kier molecular flexibility index (Phi) is 4.64. The van der Waals surface area contributed by atoms with Gasteiger partial charge < -0.3 is 9.84 Å². The van der Waals surface area contributed by atoms with Crippen LogP contribution in [0.3, 0.4) is 0 Å². The van der Waals surface area contributed by atoms with E-state index in [0.29, 0.717) is 5.69 Å². The Labute approximate surface area is 123 Å². The van der Waals surface area contributed by atoms with Crippen LogP contribution >= 0.6 is 0 Å². The summed E-state index contributed by atoms with van der Waals surface area (Å²) in [4.78, 5) is 11.6. The SMILES string of the molecule is COC(=O)C1CC(O)CN(S(=O)(=O)Cc2ccnn2C)C1. The lowest BCUT2D eigenvalue weighted by molar-refractivity contribution is -0.148. The molecule has 2 unspecified atom stereocenters. The Balaban J connectivity index is 2.15. The lowest BCUT2D eigenvalue weighted by Crippen LogP contribution is -2.48. The van der Waals surface area contributed by atoms with Gasteiger partial charge >= 0.3 is 5.97 Å². The summed E-state index contributed by atoms with van der Waals surface area (Å²) >= 11 is 0. The zero-order chi connectivity index (χ0) is 15.6. The number of sulfonamides is 1. The molecular formula is C12H19N3O5S. The van der Waals surface area contributed by atoms with Crippen molar-refractivity contribution < 1.29 is 23.1 Å². The molecule has 1 aliphatic rings. The molecule has 9 heteroatoms. The van der Waals surface area contributed by atoms with Gasteiger partial charge in [-0.1, -0.05) is 0 Å². The molecule has 0 radical (unpaired) electrons. The number of ether oxygens (including phenoxy) is 1. The molecule has 2 atom stereocenters. The maximum Gasteiger partial charge on any atom is 0.310 e. The van der Waals surface area contributed by atoms with Crippen LogP contribution in [0, 0.1) is 5.92 Å². The molecule has 0 aromatic carbocycles. The van der Waals surface area contributed by atoms with Crippen molar-refractivity contribution in [1.82, 2.24) is 14.1 Å². The minimum atomic E-state index is -3.63. The average molecular weight is 317 g/mol. The zero-order valence-corrected chi connectivity index (χ0v) is 12.8. The number of carbonyl (C=O) groups excluding carboxylic acids is 1. The van der Waals surface area contributed by atoms with E-state index in [1.54, 1.807) is 13.1 Å². The van der Waals surface area contributed by atoms with Gasteiger partial charge in [-0.25, -0.2) is 8.42 Å². The number of hydrogen-bond donors (Lipinski definition) is 1. The van der Waals surface area contributed by atoms with Crippen molar-refractivity contribution in [2.45, 2.75) is 18.3 Å². The predicted octanol–water partition coefficient (Wildman–Crippen LogP) is -0.894. The lowest BCUT2D eigenvalue weighted by Gasteiger charge is -2.33. The van der Waals surface area contributed by atoms with Crippen LogP contribution in [-0.4, -0.2) is 59.9 Å². The Morgan fingerprint density at radius 1 is 1.52 bits per heavy atom. The maximum absolute atomic E-state index is 12.4. The van der Waals surface area contributed by atoms with E-state index in [4.69, 9.17) is 0 Å². The van der Waals surface area contributed by atoms with E-state index >= 15 is 0 Å². The van der Waals surface area contributed by atoms with Crippen LogP contribution in [0.4, 0.5) is 0 Å². The second kappa shape index (κ2) is 6.12. The van der Waals surface area contributed by atoms with Gasteiger partial charge in [-0.2, -0.15) is 9.40 Å². The number of piperidine rings is 1. The van der Waals surface area contributed by atoms with Crippen molar-refractivity contribution in [3.05, 3.63) is 18.0 Å². The van der Waals surface area contributed by atoms with Crippen molar-refractivity contribution in [2.24, 2.45) is 13.0 Å². The summed E-state index contributed by atoms with van der Waals surface area (Å²) in [5.41, 5.74) is 0.546. The molecule has 1 saturated heterocycles. The summed E-state index contributed by atoms with van der Waals surface area (Å²) in [5, 5.41) is 13.7.